The van der Waals surface area contributed by atoms with Gasteiger partial charge in [-0.2, -0.15) is 0 Å². The fourth-order valence-electron chi connectivity index (χ4n) is 2.11. The van der Waals surface area contributed by atoms with Gasteiger partial charge in [-0.3, -0.25) is 0 Å². The lowest BCUT2D eigenvalue weighted by molar-refractivity contribution is 0.499. The smallest absolute Gasteiger partial charge is 0.0309 e. The SMILES string of the molecule is NC(CC1CCCN1)c1ccc(Br)cc1. The normalized spacial score (nSPS) is 22.9. The van der Waals surface area contributed by atoms with E-state index in [1.165, 1.54) is 18.4 Å². The second-order valence-electron chi connectivity index (χ2n) is 4.19. The fourth-order valence-corrected chi connectivity index (χ4v) is 2.37. The molecule has 2 rings (SSSR count). The Labute approximate surface area is 99.4 Å². The van der Waals surface area contributed by atoms with Crippen LogP contribution in [0.15, 0.2) is 28.7 Å². The van der Waals surface area contributed by atoms with Gasteiger partial charge >= 0.3 is 0 Å². The van der Waals surface area contributed by atoms with E-state index in [-0.39, 0.29) is 6.04 Å². The molecule has 1 fully saturated rings. The highest BCUT2D eigenvalue weighted by Gasteiger charge is 2.17. The first-order valence-electron chi connectivity index (χ1n) is 5.50. The van der Waals surface area contributed by atoms with E-state index in [9.17, 15) is 0 Å². The topological polar surface area (TPSA) is 38.0 Å². The summed E-state index contributed by atoms with van der Waals surface area (Å²) in [5.74, 6) is 0. The number of hydrogen-bond acceptors (Lipinski definition) is 2. The molecular weight excluding hydrogens is 252 g/mol. The van der Waals surface area contributed by atoms with Crippen molar-refractivity contribution in [3.63, 3.8) is 0 Å². The van der Waals surface area contributed by atoms with Crippen LogP contribution in [0.2, 0.25) is 0 Å². The van der Waals surface area contributed by atoms with Gasteiger partial charge < -0.3 is 11.1 Å². The molecule has 2 atom stereocenters. The zero-order valence-electron chi connectivity index (χ0n) is 8.75. The van der Waals surface area contributed by atoms with E-state index in [0.29, 0.717) is 6.04 Å². The van der Waals surface area contributed by atoms with E-state index < -0.39 is 0 Å². The van der Waals surface area contributed by atoms with Crippen LogP contribution in [0.3, 0.4) is 0 Å². The Morgan fingerprint density at radius 3 is 2.73 bits per heavy atom. The van der Waals surface area contributed by atoms with Gasteiger partial charge in [0.05, 0.1) is 0 Å². The van der Waals surface area contributed by atoms with Gasteiger partial charge in [-0.1, -0.05) is 28.1 Å². The number of hydrogen-bond donors (Lipinski definition) is 2. The van der Waals surface area contributed by atoms with Crippen LogP contribution in [0.25, 0.3) is 0 Å². The highest BCUT2D eigenvalue weighted by molar-refractivity contribution is 9.10. The second-order valence-corrected chi connectivity index (χ2v) is 5.10. The summed E-state index contributed by atoms with van der Waals surface area (Å²) in [4.78, 5) is 0. The molecule has 2 nitrogen and oxygen atoms in total. The van der Waals surface area contributed by atoms with E-state index in [2.05, 4.69) is 45.5 Å². The fraction of sp³-hybridized carbons (Fsp3) is 0.500. The molecule has 1 aliphatic heterocycles. The highest BCUT2D eigenvalue weighted by Crippen LogP contribution is 2.21. The maximum absolute atomic E-state index is 6.17. The predicted molar refractivity (Wildman–Crippen MR) is 66.7 cm³/mol. The minimum atomic E-state index is 0.161. The lowest BCUT2D eigenvalue weighted by Gasteiger charge is -2.17. The minimum Gasteiger partial charge on any atom is -0.324 e. The molecule has 3 N–H and O–H groups in total. The van der Waals surface area contributed by atoms with Crippen molar-refractivity contribution in [1.82, 2.24) is 5.32 Å². The van der Waals surface area contributed by atoms with Crippen molar-refractivity contribution < 1.29 is 0 Å². The molecule has 0 amide bonds. The summed E-state index contributed by atoms with van der Waals surface area (Å²) in [6, 6.07) is 9.08. The van der Waals surface area contributed by atoms with Crippen LogP contribution in [-0.2, 0) is 0 Å². The average Bonchev–Trinajstić information content (AvgIpc) is 2.71. The Bertz CT molecular complexity index is 304. The van der Waals surface area contributed by atoms with Gasteiger partial charge in [-0.15, -0.1) is 0 Å². The van der Waals surface area contributed by atoms with Crippen LogP contribution >= 0.6 is 15.9 Å². The maximum atomic E-state index is 6.17. The lowest BCUT2D eigenvalue weighted by Crippen LogP contribution is -2.26. The molecule has 82 valence electrons. The van der Waals surface area contributed by atoms with Gasteiger partial charge in [0, 0.05) is 16.6 Å². The van der Waals surface area contributed by atoms with Crippen LogP contribution in [0.5, 0.6) is 0 Å². The van der Waals surface area contributed by atoms with Gasteiger partial charge in [0.25, 0.3) is 0 Å². The molecule has 15 heavy (non-hydrogen) atoms. The molecule has 0 radical (unpaired) electrons. The molecule has 0 saturated carbocycles. The Hall–Kier alpha value is -0.380. The quantitative estimate of drug-likeness (QED) is 0.885. The van der Waals surface area contributed by atoms with Gasteiger partial charge in [0.2, 0.25) is 0 Å². The average molecular weight is 269 g/mol. The number of halogens is 1. The van der Waals surface area contributed by atoms with Crippen LogP contribution in [-0.4, -0.2) is 12.6 Å². The molecule has 3 heteroatoms. The Morgan fingerprint density at radius 1 is 1.40 bits per heavy atom. The summed E-state index contributed by atoms with van der Waals surface area (Å²) in [5, 5.41) is 3.48. The third-order valence-electron chi connectivity index (χ3n) is 3.00. The highest BCUT2D eigenvalue weighted by atomic mass is 79.9. The molecular formula is C12H17BrN2. The zero-order chi connectivity index (χ0) is 10.7. The Balaban J connectivity index is 1.94. The first-order valence-corrected chi connectivity index (χ1v) is 6.29. The first kappa shape index (κ1) is 11.1. The van der Waals surface area contributed by atoms with Crippen molar-refractivity contribution >= 4 is 15.9 Å². The van der Waals surface area contributed by atoms with Gasteiger partial charge in [0.1, 0.15) is 0 Å². The van der Waals surface area contributed by atoms with Crippen LogP contribution in [0, 0.1) is 0 Å². The lowest BCUT2D eigenvalue weighted by atomic mass is 9.99. The summed E-state index contributed by atoms with van der Waals surface area (Å²) < 4.78 is 1.11. The third-order valence-corrected chi connectivity index (χ3v) is 3.53. The van der Waals surface area contributed by atoms with Crippen molar-refractivity contribution in [3.05, 3.63) is 34.3 Å². The Morgan fingerprint density at radius 2 is 2.13 bits per heavy atom. The summed E-state index contributed by atoms with van der Waals surface area (Å²) in [6.07, 6.45) is 3.60. The van der Waals surface area contributed by atoms with E-state index in [1.54, 1.807) is 0 Å². The van der Waals surface area contributed by atoms with Crippen molar-refractivity contribution in [2.75, 3.05) is 6.54 Å². The molecule has 1 heterocycles. The summed E-state index contributed by atoms with van der Waals surface area (Å²) >= 11 is 3.43. The van der Waals surface area contributed by atoms with Crippen molar-refractivity contribution in [1.29, 1.82) is 0 Å². The first-order chi connectivity index (χ1) is 7.25. The molecule has 1 aromatic rings. The van der Waals surface area contributed by atoms with Crippen LogP contribution < -0.4 is 11.1 Å². The third kappa shape index (κ3) is 3.03. The molecule has 1 aliphatic rings. The summed E-state index contributed by atoms with van der Waals surface area (Å²) in [5.41, 5.74) is 7.40. The number of benzene rings is 1. The molecule has 2 unspecified atom stereocenters. The van der Waals surface area contributed by atoms with Crippen molar-refractivity contribution in [2.24, 2.45) is 5.73 Å². The predicted octanol–water partition coefficient (Wildman–Crippen LogP) is 2.59. The van der Waals surface area contributed by atoms with Crippen molar-refractivity contribution in [2.45, 2.75) is 31.3 Å². The standard InChI is InChI=1S/C12H17BrN2/c13-10-5-3-9(4-6-10)12(14)8-11-2-1-7-15-11/h3-6,11-12,15H,1-2,7-8,14H2. The summed E-state index contributed by atoms with van der Waals surface area (Å²) in [7, 11) is 0. The molecule has 0 aliphatic carbocycles. The molecule has 1 saturated heterocycles. The largest absolute Gasteiger partial charge is 0.324 e. The van der Waals surface area contributed by atoms with Crippen molar-refractivity contribution in [3.8, 4) is 0 Å². The zero-order valence-corrected chi connectivity index (χ0v) is 10.3. The number of nitrogens with one attached hydrogen (secondary N) is 1. The van der Waals surface area contributed by atoms with E-state index in [0.717, 1.165) is 17.4 Å². The van der Waals surface area contributed by atoms with E-state index >= 15 is 0 Å². The maximum Gasteiger partial charge on any atom is 0.0309 e. The van der Waals surface area contributed by atoms with Gasteiger partial charge in [-0.05, 0) is 43.5 Å². The van der Waals surface area contributed by atoms with Gasteiger partial charge in [-0.25, -0.2) is 0 Å². The second kappa shape index (κ2) is 5.10. The van der Waals surface area contributed by atoms with E-state index in [1.807, 2.05) is 0 Å². The van der Waals surface area contributed by atoms with E-state index in [4.69, 9.17) is 5.73 Å². The number of nitrogens with two attached hydrogens (primary N) is 1. The number of rotatable bonds is 3. The molecule has 0 aromatic heterocycles. The molecule has 1 aromatic carbocycles. The minimum absolute atomic E-state index is 0.161. The van der Waals surface area contributed by atoms with Gasteiger partial charge in [0.15, 0.2) is 0 Å². The Kier molecular flexibility index (Phi) is 3.78. The summed E-state index contributed by atoms with van der Waals surface area (Å²) in [6.45, 7) is 1.15. The molecule has 0 spiro atoms. The van der Waals surface area contributed by atoms with Crippen LogP contribution in [0.4, 0.5) is 0 Å². The van der Waals surface area contributed by atoms with Crippen LogP contribution in [0.1, 0.15) is 30.9 Å². The monoisotopic (exact) mass is 268 g/mol. The molecule has 0 bridgehead atoms.